The molecule has 0 spiro atoms. The van der Waals surface area contributed by atoms with Crippen LogP contribution in [0.5, 0.6) is 0 Å². The van der Waals surface area contributed by atoms with E-state index >= 15 is 0 Å². The second-order valence-corrected chi connectivity index (χ2v) is 30.0. The molecule has 0 unspecified atom stereocenters. The summed E-state index contributed by atoms with van der Waals surface area (Å²) < 4.78 is 1.53. The van der Waals surface area contributed by atoms with Gasteiger partial charge in [0, 0.05) is 17.2 Å². The SMILES string of the molecule is CCCCCCCCCCCCCCCCCCCCCC=CC1=C(c2cc(CCCC)cc(CCCC)c2)[N+](=[N-])C(c2cc(CCCC)cc(CCCC)c2)=C1.[CH2-]CCCCCCCCCCCCCCCCCC.[CH2-]CCCCCCCCCCCCCCCCCC.[Pd+2]. The van der Waals surface area contributed by atoms with Gasteiger partial charge in [-0.05, 0) is 111 Å². The Balaban J connectivity index is 0.00000188. The molecule has 0 saturated heterocycles. The third kappa shape index (κ3) is 55.6. The fraction of sp³-hybridized carbons (Fsp3) is 0.785. The van der Waals surface area contributed by atoms with E-state index in [1.165, 1.54) is 406 Å². The first-order valence-corrected chi connectivity index (χ1v) is 43.3. The molecule has 0 aliphatic carbocycles. The fourth-order valence-corrected chi connectivity index (χ4v) is 14.1. The summed E-state index contributed by atoms with van der Waals surface area (Å²) in [5, 5.41) is 0. The maximum absolute atomic E-state index is 12.1. The minimum absolute atomic E-state index is 0. The van der Waals surface area contributed by atoms with Gasteiger partial charge in [-0.2, -0.15) is 12.8 Å². The van der Waals surface area contributed by atoms with Crippen molar-refractivity contribution in [1.29, 1.82) is 0 Å². The predicted octanol–water partition coefficient (Wildman–Crippen LogP) is 33.2. The average molecular weight is 1420 g/mol. The second-order valence-electron chi connectivity index (χ2n) is 30.0. The van der Waals surface area contributed by atoms with Crippen LogP contribution in [0.2, 0.25) is 0 Å². The molecule has 2 aromatic rings. The van der Waals surface area contributed by atoms with E-state index in [-0.39, 0.29) is 20.4 Å². The van der Waals surface area contributed by atoms with Gasteiger partial charge in [0.2, 0.25) is 11.4 Å². The molecule has 0 radical (unpaired) electrons. The van der Waals surface area contributed by atoms with Gasteiger partial charge in [-0.25, -0.2) is 4.70 Å². The van der Waals surface area contributed by atoms with Gasteiger partial charge in [0.25, 0.3) is 0 Å². The molecular formula is C93H166N2Pd. The monoisotopic (exact) mass is 1420 g/mol. The zero-order valence-electron chi connectivity index (χ0n) is 66.0. The number of aryl methyl sites for hydroxylation is 4. The van der Waals surface area contributed by atoms with Gasteiger partial charge in [-0.1, -0.05) is 419 Å². The van der Waals surface area contributed by atoms with E-state index in [1.807, 2.05) is 0 Å². The molecule has 0 aromatic heterocycles. The summed E-state index contributed by atoms with van der Waals surface area (Å²) >= 11 is 0. The van der Waals surface area contributed by atoms with Crippen molar-refractivity contribution in [3.8, 4) is 0 Å². The Morgan fingerprint density at radius 2 is 0.500 bits per heavy atom. The van der Waals surface area contributed by atoms with E-state index in [4.69, 9.17) is 0 Å². The first kappa shape index (κ1) is 93.9. The molecule has 2 aromatic carbocycles. The minimum Gasteiger partial charge on any atom is -0.493 e. The normalized spacial score (nSPS) is 12.2. The van der Waals surface area contributed by atoms with Crippen molar-refractivity contribution in [2.75, 3.05) is 0 Å². The zero-order chi connectivity index (χ0) is 68.8. The predicted molar refractivity (Wildman–Crippen MR) is 432 cm³/mol. The molecule has 1 aliphatic rings. The maximum Gasteiger partial charge on any atom is 2.00 e. The van der Waals surface area contributed by atoms with Crippen LogP contribution in [0.4, 0.5) is 0 Å². The van der Waals surface area contributed by atoms with Gasteiger partial charge in [0.05, 0.1) is 5.57 Å². The molecule has 0 fully saturated rings. The molecule has 1 aliphatic heterocycles. The van der Waals surface area contributed by atoms with Crippen molar-refractivity contribution in [2.24, 2.45) is 0 Å². The summed E-state index contributed by atoms with van der Waals surface area (Å²) in [5.41, 5.74) is 23.0. The summed E-state index contributed by atoms with van der Waals surface area (Å²) in [6.45, 7) is 23.8. The number of nitrogens with zero attached hydrogens (tertiary/aromatic N) is 2. The third-order valence-corrected chi connectivity index (χ3v) is 20.4. The Kier molecular flexibility index (Phi) is 72.5. The number of hydrogen-bond donors (Lipinski definition) is 0. The molecule has 96 heavy (non-hydrogen) atoms. The molecule has 0 N–H and O–H groups in total. The van der Waals surface area contributed by atoms with E-state index in [0.717, 1.165) is 73.0 Å². The van der Waals surface area contributed by atoms with Gasteiger partial charge in [0.15, 0.2) is 0 Å². The van der Waals surface area contributed by atoms with Crippen LogP contribution in [0.25, 0.3) is 16.9 Å². The van der Waals surface area contributed by atoms with E-state index in [1.54, 1.807) is 0 Å². The average Bonchev–Trinajstić information content (AvgIpc) is 1.49. The second kappa shape index (κ2) is 74.1. The maximum atomic E-state index is 12.1. The smallest absolute Gasteiger partial charge is 0.493 e. The topological polar surface area (TPSA) is 25.3 Å². The van der Waals surface area contributed by atoms with Crippen molar-refractivity contribution in [1.82, 2.24) is 0 Å². The van der Waals surface area contributed by atoms with Gasteiger partial charge in [-0.3, -0.25) is 0 Å². The standard InChI is InChI=1S/C55H88N2.2C19H39.Pd/c1-6-11-16-17-18-19-20-21-22-23-24-25-26-27-28-29-30-31-32-33-34-39-51-46-54(52-42-47(35-12-7-2)40-48(43-52)36-13-8-3)57(56)55(51)53-44-49(37-14-9-4)41-50(45-53)38-15-10-5;2*1-3-5-7-9-11-13-15-17-19-18-16-14-12-10-8-6-4-2;/h34,39-46H,6-33,35-38H2,1-5H3;2*1,3-19H2,2H3;/q;2*-1;+2. The van der Waals surface area contributed by atoms with Gasteiger partial charge in [-0.15, -0.1) is 0 Å². The third-order valence-electron chi connectivity index (χ3n) is 20.4. The van der Waals surface area contributed by atoms with Crippen LogP contribution in [0.3, 0.4) is 0 Å². The van der Waals surface area contributed by atoms with Crippen LogP contribution in [0, 0.1) is 13.8 Å². The van der Waals surface area contributed by atoms with Crippen molar-refractivity contribution < 1.29 is 25.1 Å². The number of benzene rings is 2. The summed E-state index contributed by atoms with van der Waals surface area (Å²) in [5.74, 6) is 0. The molecular weight excluding hydrogens is 1250 g/mol. The van der Waals surface area contributed by atoms with Crippen molar-refractivity contribution in [3.63, 3.8) is 0 Å². The molecule has 3 rings (SSSR count). The van der Waals surface area contributed by atoms with E-state index in [0.29, 0.717) is 0 Å². The quantitative estimate of drug-likeness (QED) is 0.0273. The van der Waals surface area contributed by atoms with Crippen LogP contribution in [-0.4, -0.2) is 4.70 Å². The summed E-state index contributed by atoms with van der Waals surface area (Å²) in [4.78, 5) is 0. The molecule has 0 saturated carbocycles. The Labute approximate surface area is 617 Å². The van der Waals surface area contributed by atoms with Crippen LogP contribution in [0.15, 0.2) is 60.2 Å². The number of rotatable bonds is 67. The molecule has 3 heteroatoms. The van der Waals surface area contributed by atoms with E-state index in [2.05, 4.69) is 117 Å². The van der Waals surface area contributed by atoms with Crippen molar-refractivity contribution >= 4 is 11.4 Å². The number of hydrogen-bond acceptors (Lipinski definition) is 0. The largest absolute Gasteiger partial charge is 2.00 e. The molecule has 0 atom stereocenters. The van der Waals surface area contributed by atoms with Crippen molar-refractivity contribution in [3.05, 3.63) is 113 Å². The van der Waals surface area contributed by atoms with Crippen LogP contribution >= 0.6 is 0 Å². The number of allylic oxidation sites excluding steroid dienone is 4. The Hall–Kier alpha value is -2.08. The molecule has 0 amide bonds. The van der Waals surface area contributed by atoms with Gasteiger partial charge in [0.1, 0.15) is 0 Å². The van der Waals surface area contributed by atoms with Crippen LogP contribution in [0.1, 0.15) is 480 Å². The minimum atomic E-state index is 0. The first-order valence-electron chi connectivity index (χ1n) is 43.3. The van der Waals surface area contributed by atoms with Crippen molar-refractivity contribution in [2.45, 2.75) is 472 Å². The van der Waals surface area contributed by atoms with E-state index < -0.39 is 0 Å². The molecule has 1 heterocycles. The fourth-order valence-electron chi connectivity index (χ4n) is 14.1. The Morgan fingerprint density at radius 3 is 0.740 bits per heavy atom. The Morgan fingerprint density at radius 1 is 0.281 bits per heavy atom. The molecule has 0 bridgehead atoms. The first-order chi connectivity index (χ1) is 46.9. The van der Waals surface area contributed by atoms with Crippen LogP contribution in [-0.2, 0) is 46.1 Å². The Bertz CT molecular complexity index is 1940. The van der Waals surface area contributed by atoms with E-state index in [9.17, 15) is 5.53 Å². The van der Waals surface area contributed by atoms with Crippen LogP contribution < -0.4 is 0 Å². The molecule has 558 valence electrons. The van der Waals surface area contributed by atoms with Gasteiger partial charge >= 0.3 is 20.4 Å². The summed E-state index contributed by atoms with van der Waals surface area (Å²) in [6, 6.07) is 14.2. The number of unbranched alkanes of at least 4 members (excludes halogenated alkanes) is 55. The molecule has 2 nitrogen and oxygen atoms in total. The summed E-state index contributed by atoms with van der Waals surface area (Å²) in [6.07, 6.45) is 97.4. The zero-order valence-corrected chi connectivity index (χ0v) is 67.5. The van der Waals surface area contributed by atoms with Gasteiger partial charge < -0.3 is 19.4 Å². The summed E-state index contributed by atoms with van der Waals surface area (Å²) in [7, 11) is 0.